The van der Waals surface area contributed by atoms with Gasteiger partial charge in [0.15, 0.2) is 4.73 Å². The van der Waals surface area contributed by atoms with Crippen LogP contribution in [0.15, 0.2) is 53.4 Å². The van der Waals surface area contributed by atoms with E-state index in [-0.39, 0.29) is 18.0 Å². The average Bonchev–Trinajstić information content (AvgIpc) is 2.91. The number of aryl methyl sites for hydroxylation is 1. The number of rotatable bonds is 5. The SMILES string of the molecule is Cc1cn(-c2cc(OCc3ccccc3)cc(F)c2[N+](=O)[O-])c(Br)n1. The van der Waals surface area contributed by atoms with Crippen molar-refractivity contribution in [2.75, 3.05) is 0 Å². The molecular weight excluding hydrogens is 393 g/mol. The molecular formula is C17H13BrFN3O3. The normalized spacial score (nSPS) is 10.7. The van der Waals surface area contributed by atoms with Gasteiger partial charge in [0.2, 0.25) is 5.82 Å². The van der Waals surface area contributed by atoms with Gasteiger partial charge in [0.05, 0.1) is 10.6 Å². The van der Waals surface area contributed by atoms with Gasteiger partial charge in [-0.3, -0.25) is 14.7 Å². The van der Waals surface area contributed by atoms with Crippen LogP contribution < -0.4 is 4.74 Å². The van der Waals surface area contributed by atoms with Crippen LogP contribution in [0, 0.1) is 22.9 Å². The van der Waals surface area contributed by atoms with Crippen LogP contribution in [-0.2, 0) is 6.61 Å². The number of ether oxygens (including phenoxy) is 1. The predicted molar refractivity (Wildman–Crippen MR) is 93.4 cm³/mol. The maximum atomic E-state index is 14.3. The Morgan fingerprint density at radius 3 is 2.64 bits per heavy atom. The number of hydrogen-bond acceptors (Lipinski definition) is 4. The molecule has 1 aromatic heterocycles. The first-order valence-electron chi connectivity index (χ1n) is 7.32. The molecule has 128 valence electrons. The van der Waals surface area contributed by atoms with Gasteiger partial charge in [-0.05, 0) is 28.4 Å². The van der Waals surface area contributed by atoms with Crippen molar-refractivity contribution in [2.45, 2.75) is 13.5 Å². The van der Waals surface area contributed by atoms with Crippen molar-refractivity contribution >= 4 is 21.6 Å². The molecule has 6 nitrogen and oxygen atoms in total. The molecule has 1 heterocycles. The zero-order chi connectivity index (χ0) is 18.0. The predicted octanol–water partition coefficient (Wildman–Crippen LogP) is 4.57. The second-order valence-corrected chi connectivity index (χ2v) is 6.03. The van der Waals surface area contributed by atoms with Gasteiger partial charge in [-0.2, -0.15) is 4.39 Å². The van der Waals surface area contributed by atoms with E-state index in [0.29, 0.717) is 10.4 Å². The standard InChI is InChI=1S/C17H13BrFN3O3/c1-11-9-21(17(18)20-11)15-8-13(7-14(19)16(15)22(23)24)25-10-12-5-3-2-4-6-12/h2-9H,10H2,1H3. The quantitative estimate of drug-likeness (QED) is 0.460. The Bertz CT molecular complexity index is 928. The lowest BCUT2D eigenvalue weighted by atomic mass is 10.2. The van der Waals surface area contributed by atoms with Crippen molar-refractivity contribution in [1.29, 1.82) is 0 Å². The molecule has 0 aliphatic heterocycles. The molecule has 0 N–H and O–H groups in total. The average molecular weight is 406 g/mol. The molecule has 0 unspecified atom stereocenters. The number of nitrogens with zero attached hydrogens (tertiary/aromatic N) is 3. The van der Waals surface area contributed by atoms with Gasteiger partial charge in [0.1, 0.15) is 18.0 Å². The first kappa shape index (κ1) is 17.1. The van der Waals surface area contributed by atoms with Gasteiger partial charge < -0.3 is 4.74 Å². The molecule has 0 saturated heterocycles. The summed E-state index contributed by atoms with van der Waals surface area (Å²) in [6.45, 7) is 1.96. The molecule has 0 aliphatic carbocycles. The largest absolute Gasteiger partial charge is 0.489 e. The summed E-state index contributed by atoms with van der Waals surface area (Å²) in [5, 5.41) is 11.3. The van der Waals surface area contributed by atoms with E-state index in [4.69, 9.17) is 4.74 Å². The minimum atomic E-state index is -0.969. The highest BCUT2D eigenvalue weighted by atomic mass is 79.9. The van der Waals surface area contributed by atoms with Gasteiger partial charge in [0, 0.05) is 18.3 Å². The molecule has 0 fully saturated rings. The number of hydrogen-bond donors (Lipinski definition) is 0. The van der Waals surface area contributed by atoms with E-state index in [0.717, 1.165) is 11.6 Å². The van der Waals surface area contributed by atoms with Gasteiger partial charge in [-0.25, -0.2) is 4.98 Å². The summed E-state index contributed by atoms with van der Waals surface area (Å²) in [6, 6.07) is 11.8. The Morgan fingerprint density at radius 1 is 1.32 bits per heavy atom. The molecule has 8 heteroatoms. The van der Waals surface area contributed by atoms with E-state index < -0.39 is 16.4 Å². The molecule has 25 heavy (non-hydrogen) atoms. The van der Waals surface area contributed by atoms with Crippen molar-refractivity contribution in [3.63, 3.8) is 0 Å². The molecule has 0 spiro atoms. The van der Waals surface area contributed by atoms with Crippen LogP contribution >= 0.6 is 15.9 Å². The van der Waals surface area contributed by atoms with E-state index in [1.54, 1.807) is 13.1 Å². The highest BCUT2D eigenvalue weighted by Crippen LogP contribution is 2.33. The molecule has 3 rings (SSSR count). The summed E-state index contributed by atoms with van der Waals surface area (Å²) in [5.74, 6) is -0.774. The second-order valence-electron chi connectivity index (χ2n) is 5.33. The first-order chi connectivity index (χ1) is 12.0. The third kappa shape index (κ3) is 3.69. The van der Waals surface area contributed by atoms with Crippen LogP contribution in [0.3, 0.4) is 0 Å². The molecule has 3 aromatic rings. The highest BCUT2D eigenvalue weighted by Gasteiger charge is 2.25. The molecule has 0 atom stereocenters. The highest BCUT2D eigenvalue weighted by molar-refractivity contribution is 9.10. The summed E-state index contributed by atoms with van der Waals surface area (Å²) < 4.78 is 21.7. The Morgan fingerprint density at radius 2 is 2.04 bits per heavy atom. The maximum absolute atomic E-state index is 14.3. The third-order valence-electron chi connectivity index (χ3n) is 3.49. The number of nitro groups is 1. The van der Waals surface area contributed by atoms with Crippen molar-refractivity contribution in [3.8, 4) is 11.4 Å². The Kier molecular flexibility index (Phi) is 4.80. The molecule has 0 bridgehead atoms. The third-order valence-corrected chi connectivity index (χ3v) is 4.05. The molecule has 0 radical (unpaired) electrons. The Balaban J connectivity index is 2.01. The molecule has 2 aromatic carbocycles. The Labute approximate surface area is 151 Å². The van der Waals surface area contributed by atoms with Gasteiger partial charge in [0.25, 0.3) is 0 Å². The maximum Gasteiger partial charge on any atom is 0.328 e. The number of aromatic nitrogens is 2. The van der Waals surface area contributed by atoms with Gasteiger partial charge >= 0.3 is 5.69 Å². The monoisotopic (exact) mass is 405 g/mol. The second kappa shape index (κ2) is 7.02. The van der Waals surface area contributed by atoms with Crippen LogP contribution in [0.2, 0.25) is 0 Å². The molecule has 0 amide bonds. The Hall–Kier alpha value is -2.74. The van der Waals surface area contributed by atoms with Crippen molar-refractivity contribution in [1.82, 2.24) is 9.55 Å². The molecule has 0 aliphatic rings. The zero-order valence-electron chi connectivity index (χ0n) is 13.1. The van der Waals surface area contributed by atoms with Crippen molar-refractivity contribution in [2.24, 2.45) is 0 Å². The lowest BCUT2D eigenvalue weighted by Gasteiger charge is -2.11. The fourth-order valence-corrected chi connectivity index (χ4v) is 2.96. The zero-order valence-corrected chi connectivity index (χ0v) is 14.7. The lowest BCUT2D eigenvalue weighted by Crippen LogP contribution is -2.04. The van der Waals surface area contributed by atoms with Crippen LogP contribution in [-0.4, -0.2) is 14.5 Å². The van der Waals surface area contributed by atoms with Crippen LogP contribution in [0.5, 0.6) is 5.75 Å². The van der Waals surface area contributed by atoms with Crippen LogP contribution in [0.4, 0.5) is 10.1 Å². The van der Waals surface area contributed by atoms with Gasteiger partial charge in [-0.1, -0.05) is 30.3 Å². The van der Waals surface area contributed by atoms with Crippen molar-refractivity contribution in [3.05, 3.63) is 80.6 Å². The van der Waals surface area contributed by atoms with Crippen molar-refractivity contribution < 1.29 is 14.1 Å². The van der Waals surface area contributed by atoms with Crippen LogP contribution in [0.1, 0.15) is 11.3 Å². The summed E-state index contributed by atoms with van der Waals surface area (Å²) in [5.41, 5.74) is 0.949. The number of halogens is 2. The van der Waals surface area contributed by atoms with Gasteiger partial charge in [-0.15, -0.1) is 0 Å². The van der Waals surface area contributed by atoms with E-state index in [9.17, 15) is 14.5 Å². The number of imidazole rings is 1. The molecule has 0 saturated carbocycles. The van der Waals surface area contributed by atoms with E-state index >= 15 is 0 Å². The summed E-state index contributed by atoms with van der Waals surface area (Å²) in [6.07, 6.45) is 1.58. The fourth-order valence-electron chi connectivity index (χ4n) is 2.39. The minimum Gasteiger partial charge on any atom is -0.489 e. The lowest BCUT2D eigenvalue weighted by molar-refractivity contribution is -0.387. The minimum absolute atomic E-state index is 0.0422. The summed E-state index contributed by atoms with van der Waals surface area (Å²) in [4.78, 5) is 14.7. The van der Waals surface area contributed by atoms with Crippen LogP contribution in [0.25, 0.3) is 5.69 Å². The topological polar surface area (TPSA) is 70.2 Å². The summed E-state index contributed by atoms with van der Waals surface area (Å²) in [7, 11) is 0. The van der Waals surface area contributed by atoms with E-state index in [1.807, 2.05) is 30.3 Å². The fraction of sp³-hybridized carbons (Fsp3) is 0.118. The number of benzene rings is 2. The number of nitro benzene ring substituents is 1. The smallest absolute Gasteiger partial charge is 0.328 e. The summed E-state index contributed by atoms with van der Waals surface area (Å²) >= 11 is 3.23. The first-order valence-corrected chi connectivity index (χ1v) is 8.11. The van der Waals surface area contributed by atoms with E-state index in [1.165, 1.54) is 10.6 Å². The van der Waals surface area contributed by atoms with E-state index in [2.05, 4.69) is 20.9 Å².